The number of aromatic nitrogens is 2. The van der Waals surface area contributed by atoms with Gasteiger partial charge in [-0.3, -0.25) is 5.10 Å². The molecule has 0 saturated heterocycles. The van der Waals surface area contributed by atoms with Gasteiger partial charge < -0.3 is 5.32 Å². The third-order valence-electron chi connectivity index (χ3n) is 2.97. The van der Waals surface area contributed by atoms with Crippen molar-refractivity contribution in [3.63, 3.8) is 0 Å². The highest BCUT2D eigenvalue weighted by molar-refractivity contribution is 7.89. The first-order valence-corrected chi connectivity index (χ1v) is 7.65. The second-order valence-corrected chi connectivity index (χ2v) is 6.59. The molecule has 0 unspecified atom stereocenters. The summed E-state index contributed by atoms with van der Waals surface area (Å²) < 4.78 is 26.1. The van der Waals surface area contributed by atoms with Crippen LogP contribution in [0.25, 0.3) is 0 Å². The fraction of sp³-hybridized carbons (Fsp3) is 0.308. The van der Waals surface area contributed by atoms with Crippen molar-refractivity contribution < 1.29 is 8.42 Å². The summed E-state index contributed by atoms with van der Waals surface area (Å²) in [6.07, 6.45) is 3.30. The molecule has 0 bridgehead atoms. The van der Waals surface area contributed by atoms with Gasteiger partial charge in [-0.15, -0.1) is 0 Å². The molecule has 0 radical (unpaired) electrons. The molecule has 1 aromatic carbocycles. The van der Waals surface area contributed by atoms with E-state index in [9.17, 15) is 8.42 Å². The van der Waals surface area contributed by atoms with Crippen LogP contribution < -0.4 is 5.32 Å². The predicted octanol–water partition coefficient (Wildman–Crippen LogP) is 0.950. The number of hydrogen-bond acceptors (Lipinski definition) is 4. The maximum Gasteiger partial charge on any atom is 0.243 e. The van der Waals surface area contributed by atoms with E-state index >= 15 is 0 Å². The van der Waals surface area contributed by atoms with E-state index in [1.165, 1.54) is 4.31 Å². The average molecular weight is 294 g/mol. The zero-order chi connectivity index (χ0) is 14.6. The molecule has 6 nitrogen and oxygen atoms in total. The summed E-state index contributed by atoms with van der Waals surface area (Å²) in [6, 6.07) is 6.89. The van der Waals surface area contributed by atoms with Crippen LogP contribution in [0.3, 0.4) is 0 Å². The summed E-state index contributed by atoms with van der Waals surface area (Å²) in [6.45, 7) is 1.00. The summed E-state index contributed by atoms with van der Waals surface area (Å²) >= 11 is 0. The van der Waals surface area contributed by atoms with E-state index in [-0.39, 0.29) is 6.54 Å². The molecule has 2 aromatic rings. The van der Waals surface area contributed by atoms with Crippen LogP contribution in [0.1, 0.15) is 11.1 Å². The molecule has 0 amide bonds. The van der Waals surface area contributed by atoms with Gasteiger partial charge in [-0.1, -0.05) is 12.1 Å². The number of nitrogens with zero attached hydrogens (tertiary/aromatic N) is 2. The number of H-pyrrole nitrogens is 1. The minimum absolute atomic E-state index is 0.289. The highest BCUT2D eigenvalue weighted by atomic mass is 32.2. The number of rotatable bonds is 6. The van der Waals surface area contributed by atoms with Crippen LogP contribution in [-0.4, -0.2) is 37.0 Å². The number of aromatic amines is 1. The fourth-order valence-corrected chi connectivity index (χ4v) is 3.03. The molecule has 1 heterocycles. The predicted molar refractivity (Wildman–Crippen MR) is 76.4 cm³/mol. The monoisotopic (exact) mass is 294 g/mol. The molecule has 0 aliphatic heterocycles. The van der Waals surface area contributed by atoms with Crippen LogP contribution in [-0.2, 0) is 23.1 Å². The van der Waals surface area contributed by atoms with Gasteiger partial charge in [0.25, 0.3) is 0 Å². The standard InChI is InChI=1S/C13H18N4O2S/c1-14-7-11-3-5-13(6-4-11)20(18,19)17(2)10-12-8-15-16-9-12/h3-6,8-9,14H,7,10H2,1-2H3,(H,15,16). The maximum absolute atomic E-state index is 12.4. The largest absolute Gasteiger partial charge is 0.316 e. The maximum atomic E-state index is 12.4. The first-order chi connectivity index (χ1) is 9.54. The van der Waals surface area contributed by atoms with Crippen LogP contribution in [0, 0.1) is 0 Å². The van der Waals surface area contributed by atoms with Gasteiger partial charge in [0.2, 0.25) is 10.0 Å². The molecular weight excluding hydrogens is 276 g/mol. The van der Waals surface area contributed by atoms with Crippen LogP contribution in [0.15, 0.2) is 41.6 Å². The van der Waals surface area contributed by atoms with Crippen molar-refractivity contribution in [2.75, 3.05) is 14.1 Å². The van der Waals surface area contributed by atoms with Gasteiger partial charge in [-0.05, 0) is 24.7 Å². The number of hydrogen-bond donors (Lipinski definition) is 2. The molecule has 2 N–H and O–H groups in total. The SMILES string of the molecule is CNCc1ccc(S(=O)(=O)N(C)Cc2cn[nH]c2)cc1. The summed E-state index contributed by atoms with van der Waals surface area (Å²) in [7, 11) is -0.0656. The topological polar surface area (TPSA) is 78.1 Å². The lowest BCUT2D eigenvalue weighted by molar-refractivity contribution is 0.467. The van der Waals surface area contributed by atoms with Crippen molar-refractivity contribution in [3.8, 4) is 0 Å². The third-order valence-corrected chi connectivity index (χ3v) is 4.79. The van der Waals surface area contributed by atoms with Gasteiger partial charge in [0.15, 0.2) is 0 Å². The van der Waals surface area contributed by atoms with Crippen LogP contribution in [0.2, 0.25) is 0 Å². The lowest BCUT2D eigenvalue weighted by atomic mass is 10.2. The molecule has 0 atom stereocenters. The lowest BCUT2D eigenvalue weighted by Gasteiger charge is -2.16. The minimum atomic E-state index is -3.48. The molecule has 0 aliphatic rings. The Morgan fingerprint density at radius 1 is 1.25 bits per heavy atom. The van der Waals surface area contributed by atoms with Gasteiger partial charge in [0.05, 0.1) is 11.1 Å². The summed E-state index contributed by atoms with van der Waals surface area (Å²) in [4.78, 5) is 0.295. The first kappa shape index (κ1) is 14.7. The van der Waals surface area contributed by atoms with E-state index in [0.29, 0.717) is 11.4 Å². The first-order valence-electron chi connectivity index (χ1n) is 6.21. The molecule has 0 saturated carbocycles. The van der Waals surface area contributed by atoms with Gasteiger partial charge in [0, 0.05) is 31.9 Å². The smallest absolute Gasteiger partial charge is 0.243 e. The van der Waals surface area contributed by atoms with E-state index in [1.807, 2.05) is 19.2 Å². The average Bonchev–Trinajstić information content (AvgIpc) is 2.92. The van der Waals surface area contributed by atoms with Gasteiger partial charge in [0.1, 0.15) is 0 Å². The molecule has 1 aromatic heterocycles. The molecule has 0 spiro atoms. The lowest BCUT2D eigenvalue weighted by Crippen LogP contribution is -2.26. The molecule has 20 heavy (non-hydrogen) atoms. The number of nitrogens with one attached hydrogen (secondary N) is 2. The highest BCUT2D eigenvalue weighted by Crippen LogP contribution is 2.17. The minimum Gasteiger partial charge on any atom is -0.316 e. The highest BCUT2D eigenvalue weighted by Gasteiger charge is 2.20. The van der Waals surface area contributed by atoms with Crippen molar-refractivity contribution in [2.45, 2.75) is 18.0 Å². The Kier molecular flexibility index (Phi) is 4.53. The number of benzene rings is 1. The summed E-state index contributed by atoms with van der Waals surface area (Å²) in [5, 5.41) is 9.50. The third kappa shape index (κ3) is 3.24. The Morgan fingerprint density at radius 2 is 1.95 bits per heavy atom. The fourth-order valence-electron chi connectivity index (χ4n) is 1.87. The Balaban J connectivity index is 2.16. The van der Waals surface area contributed by atoms with Crippen molar-refractivity contribution >= 4 is 10.0 Å². The summed E-state index contributed by atoms with van der Waals surface area (Å²) in [5.41, 5.74) is 1.87. The second-order valence-electron chi connectivity index (χ2n) is 4.54. The van der Waals surface area contributed by atoms with Gasteiger partial charge >= 0.3 is 0 Å². The van der Waals surface area contributed by atoms with Crippen LogP contribution in [0.4, 0.5) is 0 Å². The molecule has 2 rings (SSSR count). The number of sulfonamides is 1. The molecule has 7 heteroatoms. The van der Waals surface area contributed by atoms with Crippen molar-refractivity contribution in [1.29, 1.82) is 0 Å². The second kappa shape index (κ2) is 6.17. The Morgan fingerprint density at radius 3 is 2.50 bits per heavy atom. The molecule has 0 fully saturated rings. The van der Waals surface area contributed by atoms with Crippen LogP contribution in [0.5, 0.6) is 0 Å². The van der Waals surface area contributed by atoms with Gasteiger partial charge in [-0.2, -0.15) is 9.40 Å². The molecule has 108 valence electrons. The van der Waals surface area contributed by atoms with Crippen molar-refractivity contribution in [1.82, 2.24) is 19.8 Å². The Bertz CT molecular complexity index is 636. The van der Waals surface area contributed by atoms with Gasteiger partial charge in [-0.25, -0.2) is 8.42 Å². The van der Waals surface area contributed by atoms with E-state index in [0.717, 1.165) is 11.1 Å². The Hall–Kier alpha value is -1.70. The van der Waals surface area contributed by atoms with E-state index < -0.39 is 10.0 Å². The normalized spacial score (nSPS) is 11.9. The molecular formula is C13H18N4O2S. The van der Waals surface area contributed by atoms with E-state index in [1.54, 1.807) is 31.6 Å². The van der Waals surface area contributed by atoms with Crippen LogP contribution >= 0.6 is 0 Å². The van der Waals surface area contributed by atoms with E-state index in [4.69, 9.17) is 0 Å². The Labute approximate surface area is 118 Å². The zero-order valence-electron chi connectivity index (χ0n) is 11.5. The summed E-state index contributed by atoms with van der Waals surface area (Å²) in [5.74, 6) is 0. The molecule has 0 aliphatic carbocycles. The van der Waals surface area contributed by atoms with E-state index in [2.05, 4.69) is 15.5 Å². The van der Waals surface area contributed by atoms with Crippen molar-refractivity contribution in [2.24, 2.45) is 0 Å². The quantitative estimate of drug-likeness (QED) is 0.831. The zero-order valence-corrected chi connectivity index (χ0v) is 12.3. The van der Waals surface area contributed by atoms with Crippen molar-refractivity contribution in [3.05, 3.63) is 47.8 Å².